The Hall–Kier alpha value is -8.72. The van der Waals surface area contributed by atoms with Crippen LogP contribution in [0.1, 0.15) is 0 Å². The first-order valence-electron chi connectivity index (χ1n) is 22.7. The quantitative estimate of drug-likeness (QED) is 0.141. The second kappa shape index (κ2) is 16.8. The summed E-state index contributed by atoms with van der Waals surface area (Å²) in [5.74, 6) is 0. The largest absolute Gasteiger partial charge is 0.309 e. The Morgan fingerprint density at radius 1 is 0.258 bits per heavy atom. The molecule has 1 aromatic heterocycles. The number of para-hydroxylation sites is 4. The van der Waals surface area contributed by atoms with Crippen molar-refractivity contribution in [2.75, 3.05) is 4.90 Å². The zero-order valence-electron chi connectivity index (χ0n) is 36.3. The van der Waals surface area contributed by atoms with Crippen LogP contribution in [0.5, 0.6) is 0 Å². The Balaban J connectivity index is 1.05. The third-order valence-corrected chi connectivity index (χ3v) is 13.0. The molecule has 0 saturated heterocycles. The number of hydrogen-bond donors (Lipinski definition) is 0. The average Bonchev–Trinajstić information content (AvgIpc) is 3.74. The van der Waals surface area contributed by atoms with Crippen molar-refractivity contribution in [2.45, 2.75) is 0 Å². The van der Waals surface area contributed by atoms with Gasteiger partial charge in [-0.05, 0) is 98.2 Å². The maximum absolute atomic E-state index is 2.45. The van der Waals surface area contributed by atoms with Crippen molar-refractivity contribution in [3.63, 3.8) is 0 Å². The van der Waals surface area contributed by atoms with Gasteiger partial charge in [0.15, 0.2) is 0 Å². The molecule has 11 aromatic carbocycles. The highest BCUT2D eigenvalue weighted by Gasteiger charge is 2.23. The molecule has 2 heteroatoms. The predicted molar refractivity (Wildman–Crippen MR) is 280 cm³/mol. The van der Waals surface area contributed by atoms with Crippen molar-refractivity contribution in [3.05, 3.63) is 267 Å². The molecule has 0 spiro atoms. The second-order valence-electron chi connectivity index (χ2n) is 16.8. The van der Waals surface area contributed by atoms with E-state index < -0.39 is 0 Å². The molecule has 0 fully saturated rings. The molecule has 0 saturated carbocycles. The number of anilines is 3. The van der Waals surface area contributed by atoms with Gasteiger partial charge < -0.3 is 9.47 Å². The monoisotopic (exact) mass is 840 g/mol. The SMILES string of the molecule is c1ccc(-c2ccccc2N(c2ccc(-c3ccccc3-c3cccc4ccccc34)cc2)c2ccc(-c3ccccc3-n3c4ccccc4c4ccccc43)cc2-c2ccccc2)cc1. The molecule has 12 rings (SSSR count). The Bertz CT molecular complexity index is 3640. The van der Waals surface area contributed by atoms with Gasteiger partial charge in [-0.25, -0.2) is 0 Å². The number of nitrogens with zero attached hydrogens (tertiary/aromatic N) is 2. The standard InChI is InChI=1S/C64H44N2/c1-3-20-46(21-4-1)53-28-11-15-34-60(53)65(50-41-38-48(39-42-50)52-27-9-10-30-55(52)56-33-19-25-45-24-7-8-26-51(45)56)64-43-40-49(44-59(64)47-22-5-2-6-23-47)54-29-12-16-35-61(54)66-62-36-17-13-31-57(62)58-32-14-18-37-63(58)66/h1-44H. The van der Waals surface area contributed by atoms with Crippen LogP contribution in [0.25, 0.3) is 93.9 Å². The second-order valence-corrected chi connectivity index (χ2v) is 16.8. The Morgan fingerprint density at radius 3 is 1.44 bits per heavy atom. The summed E-state index contributed by atoms with van der Waals surface area (Å²) in [4.78, 5) is 2.45. The number of aromatic nitrogens is 1. The molecule has 0 N–H and O–H groups in total. The number of hydrogen-bond acceptors (Lipinski definition) is 1. The fourth-order valence-electron chi connectivity index (χ4n) is 10.0. The summed E-state index contributed by atoms with van der Waals surface area (Å²) in [7, 11) is 0. The van der Waals surface area contributed by atoms with Crippen LogP contribution < -0.4 is 4.90 Å². The molecular weight excluding hydrogens is 797 g/mol. The van der Waals surface area contributed by atoms with Gasteiger partial charge in [-0.2, -0.15) is 0 Å². The normalized spacial score (nSPS) is 11.3. The summed E-state index contributed by atoms with van der Waals surface area (Å²) in [6.45, 7) is 0. The molecule has 66 heavy (non-hydrogen) atoms. The van der Waals surface area contributed by atoms with Crippen molar-refractivity contribution in [1.29, 1.82) is 0 Å². The van der Waals surface area contributed by atoms with Crippen LogP contribution in [0.2, 0.25) is 0 Å². The predicted octanol–water partition coefficient (Wildman–Crippen LogP) is 17.7. The molecule has 0 atom stereocenters. The Kier molecular flexibility index (Phi) is 9.89. The fourth-order valence-corrected chi connectivity index (χ4v) is 10.0. The van der Waals surface area contributed by atoms with Crippen molar-refractivity contribution in [2.24, 2.45) is 0 Å². The van der Waals surface area contributed by atoms with Gasteiger partial charge in [-0.15, -0.1) is 0 Å². The smallest absolute Gasteiger partial charge is 0.0541 e. The van der Waals surface area contributed by atoms with Crippen LogP contribution in [0.15, 0.2) is 267 Å². The van der Waals surface area contributed by atoms with Crippen LogP contribution in [-0.4, -0.2) is 4.57 Å². The van der Waals surface area contributed by atoms with Gasteiger partial charge in [0, 0.05) is 33.2 Å². The average molecular weight is 841 g/mol. The Labute approximate surface area is 385 Å². The highest BCUT2D eigenvalue weighted by atomic mass is 15.1. The van der Waals surface area contributed by atoms with E-state index in [0.717, 1.165) is 56.1 Å². The Morgan fingerprint density at radius 2 is 0.727 bits per heavy atom. The molecule has 0 bridgehead atoms. The van der Waals surface area contributed by atoms with E-state index in [2.05, 4.69) is 276 Å². The lowest BCUT2D eigenvalue weighted by atomic mass is 9.91. The van der Waals surface area contributed by atoms with E-state index in [9.17, 15) is 0 Å². The van der Waals surface area contributed by atoms with E-state index in [1.165, 1.54) is 54.8 Å². The topological polar surface area (TPSA) is 8.17 Å². The van der Waals surface area contributed by atoms with Crippen LogP contribution in [0, 0.1) is 0 Å². The number of fused-ring (bicyclic) bond motifs is 4. The minimum absolute atomic E-state index is 1.07. The zero-order valence-corrected chi connectivity index (χ0v) is 36.3. The lowest BCUT2D eigenvalue weighted by Crippen LogP contribution is -2.12. The summed E-state index contributed by atoms with van der Waals surface area (Å²) in [5.41, 5.74) is 18.5. The molecule has 2 nitrogen and oxygen atoms in total. The van der Waals surface area contributed by atoms with Gasteiger partial charge in [0.05, 0.1) is 28.1 Å². The summed E-state index contributed by atoms with van der Waals surface area (Å²) in [6.07, 6.45) is 0. The van der Waals surface area contributed by atoms with Crippen molar-refractivity contribution < 1.29 is 0 Å². The van der Waals surface area contributed by atoms with Gasteiger partial charge in [-0.1, -0.05) is 218 Å². The summed E-state index contributed by atoms with van der Waals surface area (Å²) in [6, 6.07) is 96.9. The fraction of sp³-hybridized carbons (Fsp3) is 0. The van der Waals surface area contributed by atoms with Gasteiger partial charge in [-0.3, -0.25) is 0 Å². The van der Waals surface area contributed by atoms with Crippen molar-refractivity contribution in [1.82, 2.24) is 4.57 Å². The molecule has 0 aliphatic rings. The van der Waals surface area contributed by atoms with Crippen LogP contribution in [-0.2, 0) is 0 Å². The minimum atomic E-state index is 1.07. The van der Waals surface area contributed by atoms with E-state index in [1.54, 1.807) is 0 Å². The molecular formula is C64H44N2. The maximum Gasteiger partial charge on any atom is 0.0541 e. The summed E-state index contributed by atoms with van der Waals surface area (Å²) in [5, 5.41) is 4.99. The minimum Gasteiger partial charge on any atom is -0.309 e. The molecule has 0 unspecified atom stereocenters. The van der Waals surface area contributed by atoms with Crippen LogP contribution in [0.3, 0.4) is 0 Å². The third kappa shape index (κ3) is 6.84. The molecule has 0 aliphatic heterocycles. The van der Waals surface area contributed by atoms with Gasteiger partial charge in [0.2, 0.25) is 0 Å². The first-order valence-corrected chi connectivity index (χ1v) is 22.7. The zero-order chi connectivity index (χ0) is 43.8. The molecule has 0 amide bonds. The third-order valence-electron chi connectivity index (χ3n) is 13.0. The summed E-state index contributed by atoms with van der Waals surface area (Å²) >= 11 is 0. The first-order chi connectivity index (χ1) is 32.8. The molecule has 12 aromatic rings. The van der Waals surface area contributed by atoms with E-state index in [4.69, 9.17) is 0 Å². The van der Waals surface area contributed by atoms with Gasteiger partial charge >= 0.3 is 0 Å². The van der Waals surface area contributed by atoms with E-state index in [0.29, 0.717) is 0 Å². The maximum atomic E-state index is 2.45. The van der Waals surface area contributed by atoms with Crippen molar-refractivity contribution >= 4 is 49.6 Å². The first kappa shape index (κ1) is 38.9. The number of benzene rings is 11. The molecule has 0 aliphatic carbocycles. The van der Waals surface area contributed by atoms with Crippen molar-refractivity contribution in [3.8, 4) is 61.3 Å². The lowest BCUT2D eigenvalue weighted by molar-refractivity contribution is 1.18. The van der Waals surface area contributed by atoms with Gasteiger partial charge in [0.1, 0.15) is 0 Å². The van der Waals surface area contributed by atoms with E-state index in [1.807, 2.05) is 0 Å². The molecule has 0 radical (unpaired) electrons. The highest BCUT2D eigenvalue weighted by Crippen LogP contribution is 2.47. The highest BCUT2D eigenvalue weighted by molar-refractivity contribution is 6.10. The lowest BCUT2D eigenvalue weighted by Gasteiger charge is -2.30. The van der Waals surface area contributed by atoms with E-state index >= 15 is 0 Å². The van der Waals surface area contributed by atoms with Crippen LogP contribution in [0.4, 0.5) is 17.1 Å². The summed E-state index contributed by atoms with van der Waals surface area (Å²) < 4.78 is 2.43. The molecule has 310 valence electrons. The van der Waals surface area contributed by atoms with E-state index in [-0.39, 0.29) is 0 Å². The molecule has 1 heterocycles. The number of rotatable bonds is 9. The van der Waals surface area contributed by atoms with Gasteiger partial charge in [0.25, 0.3) is 0 Å². The van der Waals surface area contributed by atoms with Crippen LogP contribution >= 0.6 is 0 Å².